The summed E-state index contributed by atoms with van der Waals surface area (Å²) in [5, 5.41) is 0. The van der Waals surface area contributed by atoms with E-state index in [0.717, 1.165) is 19.3 Å². The van der Waals surface area contributed by atoms with E-state index in [4.69, 9.17) is 18.0 Å². The lowest BCUT2D eigenvalue weighted by molar-refractivity contribution is -0.138. The van der Waals surface area contributed by atoms with Gasteiger partial charge in [0.25, 0.3) is 0 Å². The Balaban J connectivity index is 2.80. The molecule has 2 N–H and O–H groups in total. The summed E-state index contributed by atoms with van der Waals surface area (Å²) in [6, 6.07) is 0. The minimum Gasteiger partial charge on any atom is -0.393 e. The van der Waals surface area contributed by atoms with E-state index in [-0.39, 0.29) is 22.8 Å². The monoisotopic (exact) mass is 284 g/mol. The maximum absolute atomic E-state index is 12.5. The summed E-state index contributed by atoms with van der Waals surface area (Å²) in [6.07, 6.45) is 3.65. The van der Waals surface area contributed by atoms with Gasteiger partial charge < -0.3 is 10.6 Å². The Hall–Kier alpha value is -0.640. The van der Waals surface area contributed by atoms with E-state index in [1.807, 2.05) is 4.90 Å². The molecule has 1 amide bonds. The molecule has 4 heteroatoms. The second kappa shape index (κ2) is 5.78. The predicted molar refractivity (Wildman–Crippen MR) is 84.0 cm³/mol. The molecule has 0 atom stereocenters. The SMILES string of the molecule is CC(C)(C)CC(C)(C)N(CCC(N)=S)C(=O)C1CC1. The highest BCUT2D eigenvalue weighted by Crippen LogP contribution is 2.37. The Morgan fingerprint density at radius 2 is 1.79 bits per heavy atom. The van der Waals surface area contributed by atoms with Crippen molar-refractivity contribution in [3.63, 3.8) is 0 Å². The van der Waals surface area contributed by atoms with Crippen LogP contribution in [0.2, 0.25) is 0 Å². The van der Waals surface area contributed by atoms with Crippen LogP contribution in [0.25, 0.3) is 0 Å². The topological polar surface area (TPSA) is 46.3 Å². The molecule has 0 aromatic carbocycles. The first-order valence-electron chi connectivity index (χ1n) is 7.13. The van der Waals surface area contributed by atoms with Crippen LogP contribution >= 0.6 is 12.2 Å². The lowest BCUT2D eigenvalue weighted by Crippen LogP contribution is -2.51. The lowest BCUT2D eigenvalue weighted by Gasteiger charge is -2.42. The molecule has 1 rings (SSSR count). The first kappa shape index (κ1) is 16.4. The van der Waals surface area contributed by atoms with Crippen LogP contribution in [0, 0.1) is 11.3 Å². The first-order chi connectivity index (χ1) is 8.53. The molecular weight excluding hydrogens is 256 g/mol. The number of nitrogens with zero attached hydrogens (tertiary/aromatic N) is 1. The Morgan fingerprint density at radius 1 is 1.26 bits per heavy atom. The molecule has 0 bridgehead atoms. The minimum atomic E-state index is -0.150. The van der Waals surface area contributed by atoms with E-state index >= 15 is 0 Å². The Labute approximate surface area is 122 Å². The molecule has 3 nitrogen and oxygen atoms in total. The molecule has 1 fully saturated rings. The van der Waals surface area contributed by atoms with Crippen molar-refractivity contribution < 1.29 is 4.79 Å². The number of rotatable bonds is 6. The third-order valence-corrected chi connectivity index (χ3v) is 3.67. The number of amides is 1. The molecule has 110 valence electrons. The zero-order valence-corrected chi connectivity index (χ0v) is 13.8. The van der Waals surface area contributed by atoms with E-state index in [1.165, 1.54) is 0 Å². The van der Waals surface area contributed by atoms with E-state index in [2.05, 4.69) is 34.6 Å². The van der Waals surface area contributed by atoms with Crippen molar-refractivity contribution in [1.82, 2.24) is 4.90 Å². The van der Waals surface area contributed by atoms with Gasteiger partial charge in [0.2, 0.25) is 5.91 Å². The van der Waals surface area contributed by atoms with Crippen molar-refractivity contribution >= 4 is 23.1 Å². The molecule has 1 saturated carbocycles. The molecule has 0 aromatic rings. The van der Waals surface area contributed by atoms with Gasteiger partial charge in [-0.2, -0.15) is 0 Å². The Kier molecular flexibility index (Phi) is 4.99. The summed E-state index contributed by atoms with van der Waals surface area (Å²) in [6.45, 7) is 11.6. The molecule has 0 heterocycles. The van der Waals surface area contributed by atoms with Gasteiger partial charge in [0.1, 0.15) is 0 Å². The van der Waals surface area contributed by atoms with Gasteiger partial charge in [-0.3, -0.25) is 4.79 Å². The third-order valence-electron chi connectivity index (χ3n) is 3.47. The van der Waals surface area contributed by atoms with Gasteiger partial charge in [-0.05, 0) is 38.5 Å². The zero-order valence-electron chi connectivity index (χ0n) is 13.0. The van der Waals surface area contributed by atoms with Crippen molar-refractivity contribution in [2.24, 2.45) is 17.1 Å². The van der Waals surface area contributed by atoms with Crippen LogP contribution < -0.4 is 5.73 Å². The van der Waals surface area contributed by atoms with Crippen molar-refractivity contribution in [2.75, 3.05) is 6.54 Å². The highest BCUT2D eigenvalue weighted by molar-refractivity contribution is 7.80. The molecule has 0 aromatic heterocycles. The molecular formula is C15H28N2OS. The van der Waals surface area contributed by atoms with Crippen LogP contribution in [-0.2, 0) is 4.79 Å². The minimum absolute atomic E-state index is 0.150. The average Bonchev–Trinajstić information content (AvgIpc) is 2.94. The van der Waals surface area contributed by atoms with Gasteiger partial charge in [0, 0.05) is 24.4 Å². The normalized spacial score (nSPS) is 16.3. The van der Waals surface area contributed by atoms with Crippen LogP contribution in [0.4, 0.5) is 0 Å². The summed E-state index contributed by atoms with van der Waals surface area (Å²) in [4.78, 5) is 15.0. The Morgan fingerprint density at radius 3 is 2.16 bits per heavy atom. The number of nitrogens with two attached hydrogens (primary N) is 1. The molecule has 0 spiro atoms. The van der Waals surface area contributed by atoms with Gasteiger partial charge >= 0.3 is 0 Å². The standard InChI is InChI=1S/C15H28N2OS/c1-14(2,3)10-15(4,5)17(9-8-12(16)19)13(18)11-6-7-11/h11H,6-10H2,1-5H3,(H2,16,19). The maximum Gasteiger partial charge on any atom is 0.226 e. The summed E-state index contributed by atoms with van der Waals surface area (Å²) >= 11 is 4.95. The van der Waals surface area contributed by atoms with Crippen LogP contribution in [0.3, 0.4) is 0 Å². The summed E-state index contributed by atoms with van der Waals surface area (Å²) in [7, 11) is 0. The van der Waals surface area contributed by atoms with Crippen molar-refractivity contribution in [3.05, 3.63) is 0 Å². The largest absolute Gasteiger partial charge is 0.393 e. The molecule has 1 aliphatic carbocycles. The van der Waals surface area contributed by atoms with E-state index in [1.54, 1.807) is 0 Å². The number of hydrogen-bond acceptors (Lipinski definition) is 2. The lowest BCUT2D eigenvalue weighted by atomic mass is 9.80. The maximum atomic E-state index is 12.5. The van der Waals surface area contributed by atoms with E-state index in [0.29, 0.717) is 18.0 Å². The number of carbonyl (C=O) groups excluding carboxylic acids is 1. The zero-order chi connectivity index (χ0) is 14.8. The van der Waals surface area contributed by atoms with Crippen molar-refractivity contribution in [1.29, 1.82) is 0 Å². The van der Waals surface area contributed by atoms with Gasteiger partial charge in [-0.1, -0.05) is 33.0 Å². The molecule has 0 radical (unpaired) electrons. The molecule has 0 saturated heterocycles. The van der Waals surface area contributed by atoms with Crippen molar-refractivity contribution in [2.45, 2.75) is 65.8 Å². The smallest absolute Gasteiger partial charge is 0.226 e. The quantitative estimate of drug-likeness (QED) is 0.762. The molecule has 0 unspecified atom stereocenters. The Bertz CT molecular complexity index is 354. The number of carbonyl (C=O) groups is 1. The fraction of sp³-hybridized carbons (Fsp3) is 0.867. The second-order valence-electron chi connectivity index (χ2n) is 7.53. The molecule has 19 heavy (non-hydrogen) atoms. The van der Waals surface area contributed by atoms with E-state index in [9.17, 15) is 4.79 Å². The second-order valence-corrected chi connectivity index (χ2v) is 8.05. The van der Waals surface area contributed by atoms with Crippen molar-refractivity contribution in [3.8, 4) is 0 Å². The number of thiocarbonyl (C=S) groups is 1. The first-order valence-corrected chi connectivity index (χ1v) is 7.53. The van der Waals surface area contributed by atoms with Gasteiger partial charge in [0.05, 0.1) is 4.99 Å². The van der Waals surface area contributed by atoms with Crippen LogP contribution in [0.5, 0.6) is 0 Å². The van der Waals surface area contributed by atoms with Gasteiger partial charge in [0.15, 0.2) is 0 Å². The number of hydrogen-bond donors (Lipinski definition) is 1. The van der Waals surface area contributed by atoms with Crippen LogP contribution in [0.15, 0.2) is 0 Å². The fourth-order valence-corrected chi connectivity index (χ4v) is 2.97. The molecule has 0 aliphatic heterocycles. The third kappa shape index (κ3) is 5.47. The van der Waals surface area contributed by atoms with E-state index < -0.39 is 0 Å². The van der Waals surface area contributed by atoms with Crippen LogP contribution in [-0.4, -0.2) is 27.9 Å². The highest BCUT2D eigenvalue weighted by Gasteiger charge is 2.40. The highest BCUT2D eigenvalue weighted by atomic mass is 32.1. The summed E-state index contributed by atoms with van der Waals surface area (Å²) in [5.41, 5.74) is 5.64. The average molecular weight is 284 g/mol. The van der Waals surface area contributed by atoms with Gasteiger partial charge in [-0.25, -0.2) is 0 Å². The summed E-state index contributed by atoms with van der Waals surface area (Å²) < 4.78 is 0. The predicted octanol–water partition coefficient (Wildman–Crippen LogP) is 3.12. The van der Waals surface area contributed by atoms with Crippen LogP contribution in [0.1, 0.15) is 60.3 Å². The van der Waals surface area contributed by atoms with Gasteiger partial charge in [-0.15, -0.1) is 0 Å². The molecule has 1 aliphatic rings. The fourth-order valence-electron chi connectivity index (χ4n) is 2.88. The summed E-state index contributed by atoms with van der Waals surface area (Å²) in [5.74, 6) is 0.524.